The molecule has 7 heteroatoms. The van der Waals surface area contributed by atoms with E-state index in [4.69, 9.17) is 0 Å². The summed E-state index contributed by atoms with van der Waals surface area (Å²) in [6.45, 7) is 5.72. The van der Waals surface area contributed by atoms with Gasteiger partial charge in [0.1, 0.15) is 5.82 Å². The zero-order valence-electron chi connectivity index (χ0n) is 15.6. The Balaban J connectivity index is 1.20. The van der Waals surface area contributed by atoms with E-state index in [0.29, 0.717) is 13.1 Å². The standard InChI is InChI=1S/C20H26FN5O/c21-14-10-17-20(22-11-14)16-4-5-24(12-18(16)23-17)13-19(27)26-8-6-25(7-9-26)15-2-1-3-15/h10-11,15,23H,1-9,12-13H2. The molecule has 1 N–H and O–H groups in total. The summed E-state index contributed by atoms with van der Waals surface area (Å²) in [6.07, 6.45) is 6.13. The number of carbonyl (C=O) groups is 1. The van der Waals surface area contributed by atoms with Gasteiger partial charge in [0.15, 0.2) is 0 Å². The number of piperazine rings is 1. The van der Waals surface area contributed by atoms with Gasteiger partial charge in [0, 0.05) is 62.6 Å². The molecule has 0 spiro atoms. The highest BCUT2D eigenvalue weighted by molar-refractivity contribution is 5.81. The quantitative estimate of drug-likeness (QED) is 0.893. The van der Waals surface area contributed by atoms with Crippen molar-refractivity contribution < 1.29 is 9.18 Å². The van der Waals surface area contributed by atoms with Gasteiger partial charge >= 0.3 is 0 Å². The number of carbonyl (C=O) groups excluding carboxylic acids is 1. The van der Waals surface area contributed by atoms with Crippen LogP contribution in [0.3, 0.4) is 0 Å². The molecular formula is C20H26FN5O. The Morgan fingerprint density at radius 3 is 2.78 bits per heavy atom. The maximum atomic E-state index is 13.4. The van der Waals surface area contributed by atoms with Crippen LogP contribution in [0.1, 0.15) is 30.5 Å². The number of pyridine rings is 1. The number of rotatable bonds is 3. The molecule has 144 valence electrons. The van der Waals surface area contributed by atoms with Crippen molar-refractivity contribution in [1.82, 2.24) is 24.7 Å². The molecule has 2 aliphatic heterocycles. The molecule has 1 amide bonds. The van der Waals surface area contributed by atoms with E-state index < -0.39 is 0 Å². The third-order valence-corrected chi connectivity index (χ3v) is 6.47. The zero-order valence-corrected chi connectivity index (χ0v) is 15.6. The first-order chi connectivity index (χ1) is 13.2. The van der Waals surface area contributed by atoms with Crippen molar-refractivity contribution in [3.8, 4) is 0 Å². The fourth-order valence-electron chi connectivity index (χ4n) is 4.65. The second kappa shape index (κ2) is 6.87. The van der Waals surface area contributed by atoms with E-state index in [1.807, 2.05) is 4.90 Å². The highest BCUT2D eigenvalue weighted by atomic mass is 19.1. The fourth-order valence-corrected chi connectivity index (χ4v) is 4.65. The summed E-state index contributed by atoms with van der Waals surface area (Å²) in [6, 6.07) is 2.26. The second-order valence-electron chi connectivity index (χ2n) is 8.09. The van der Waals surface area contributed by atoms with Gasteiger partial charge in [-0.25, -0.2) is 4.39 Å². The molecule has 0 radical (unpaired) electrons. The van der Waals surface area contributed by atoms with Crippen LogP contribution in [-0.4, -0.2) is 75.9 Å². The Labute approximate surface area is 158 Å². The topological polar surface area (TPSA) is 55.5 Å². The maximum absolute atomic E-state index is 13.4. The van der Waals surface area contributed by atoms with E-state index in [0.717, 1.165) is 61.9 Å². The predicted octanol–water partition coefficient (Wildman–Crippen LogP) is 1.76. The number of hydrogen-bond acceptors (Lipinski definition) is 4. The first-order valence-electron chi connectivity index (χ1n) is 10.1. The lowest BCUT2D eigenvalue weighted by Gasteiger charge is -2.43. The molecule has 1 aliphatic carbocycles. The number of aromatic amines is 1. The van der Waals surface area contributed by atoms with Gasteiger partial charge in [-0.15, -0.1) is 0 Å². The van der Waals surface area contributed by atoms with Crippen molar-refractivity contribution in [3.05, 3.63) is 29.3 Å². The van der Waals surface area contributed by atoms with Crippen LogP contribution >= 0.6 is 0 Å². The molecule has 3 aliphatic rings. The fraction of sp³-hybridized carbons (Fsp3) is 0.600. The van der Waals surface area contributed by atoms with Crippen LogP contribution in [0.4, 0.5) is 4.39 Å². The van der Waals surface area contributed by atoms with Crippen LogP contribution in [0.5, 0.6) is 0 Å². The molecule has 2 fully saturated rings. The minimum Gasteiger partial charge on any atom is -0.356 e. The molecule has 0 aromatic carbocycles. The molecular weight excluding hydrogens is 345 g/mol. The van der Waals surface area contributed by atoms with Crippen LogP contribution in [0, 0.1) is 5.82 Å². The molecule has 2 aromatic heterocycles. The summed E-state index contributed by atoms with van der Waals surface area (Å²) < 4.78 is 13.4. The monoisotopic (exact) mass is 371 g/mol. The summed E-state index contributed by atoms with van der Waals surface area (Å²) >= 11 is 0. The molecule has 2 aromatic rings. The van der Waals surface area contributed by atoms with E-state index in [2.05, 4.69) is 19.8 Å². The lowest BCUT2D eigenvalue weighted by atomic mass is 9.91. The summed E-state index contributed by atoms with van der Waals surface area (Å²) in [5, 5.41) is 0. The number of nitrogens with one attached hydrogen (secondary N) is 1. The Morgan fingerprint density at radius 2 is 2.04 bits per heavy atom. The molecule has 0 unspecified atom stereocenters. The average molecular weight is 371 g/mol. The number of aromatic nitrogens is 2. The van der Waals surface area contributed by atoms with Crippen molar-refractivity contribution in [2.45, 2.75) is 38.3 Å². The first-order valence-corrected chi connectivity index (χ1v) is 10.1. The molecule has 4 heterocycles. The number of amides is 1. The molecule has 1 saturated carbocycles. The summed E-state index contributed by atoms with van der Waals surface area (Å²) in [5.41, 5.74) is 3.85. The number of nitrogens with zero attached hydrogens (tertiary/aromatic N) is 4. The zero-order chi connectivity index (χ0) is 18.4. The average Bonchev–Trinajstić information content (AvgIpc) is 2.97. The van der Waals surface area contributed by atoms with E-state index in [1.165, 1.54) is 37.1 Å². The highest BCUT2D eigenvalue weighted by Crippen LogP contribution is 2.27. The lowest BCUT2D eigenvalue weighted by molar-refractivity contribution is -0.135. The van der Waals surface area contributed by atoms with Gasteiger partial charge in [0.2, 0.25) is 5.91 Å². The molecule has 1 saturated heterocycles. The second-order valence-corrected chi connectivity index (χ2v) is 8.09. The SMILES string of the molecule is O=C(CN1CCc2c([nH]c3cc(F)cnc23)C1)N1CCN(C2CCC2)CC1. The van der Waals surface area contributed by atoms with Gasteiger partial charge < -0.3 is 9.88 Å². The Kier molecular flexibility index (Phi) is 4.36. The summed E-state index contributed by atoms with van der Waals surface area (Å²) in [7, 11) is 0. The van der Waals surface area contributed by atoms with Crippen LogP contribution in [0.15, 0.2) is 12.3 Å². The van der Waals surface area contributed by atoms with Crippen molar-refractivity contribution in [3.63, 3.8) is 0 Å². The third-order valence-electron chi connectivity index (χ3n) is 6.47. The Hall–Kier alpha value is -1.99. The van der Waals surface area contributed by atoms with Crippen molar-refractivity contribution in [2.75, 3.05) is 39.3 Å². The van der Waals surface area contributed by atoms with Gasteiger partial charge in [-0.1, -0.05) is 6.42 Å². The molecule has 0 bridgehead atoms. The van der Waals surface area contributed by atoms with Crippen LogP contribution in [0.2, 0.25) is 0 Å². The van der Waals surface area contributed by atoms with Gasteiger partial charge in [-0.2, -0.15) is 0 Å². The minimum absolute atomic E-state index is 0.229. The third kappa shape index (κ3) is 3.23. The van der Waals surface area contributed by atoms with E-state index in [9.17, 15) is 9.18 Å². The largest absolute Gasteiger partial charge is 0.356 e. The van der Waals surface area contributed by atoms with E-state index in [1.54, 1.807) is 0 Å². The van der Waals surface area contributed by atoms with Crippen LogP contribution in [-0.2, 0) is 17.8 Å². The van der Waals surface area contributed by atoms with E-state index >= 15 is 0 Å². The number of H-pyrrole nitrogens is 1. The van der Waals surface area contributed by atoms with Crippen LogP contribution in [0.25, 0.3) is 11.0 Å². The molecule has 27 heavy (non-hydrogen) atoms. The Morgan fingerprint density at radius 1 is 1.22 bits per heavy atom. The summed E-state index contributed by atoms with van der Waals surface area (Å²) in [5.74, 6) is -0.0961. The smallest absolute Gasteiger partial charge is 0.236 e. The van der Waals surface area contributed by atoms with Gasteiger partial charge in [0.25, 0.3) is 0 Å². The predicted molar refractivity (Wildman–Crippen MR) is 101 cm³/mol. The minimum atomic E-state index is -0.325. The van der Waals surface area contributed by atoms with Crippen LogP contribution < -0.4 is 0 Å². The molecule has 6 nitrogen and oxygen atoms in total. The Bertz CT molecular complexity index is 853. The lowest BCUT2D eigenvalue weighted by Crippen LogP contribution is -2.55. The number of hydrogen-bond donors (Lipinski definition) is 1. The van der Waals surface area contributed by atoms with Crippen molar-refractivity contribution in [2.24, 2.45) is 0 Å². The molecule has 0 atom stereocenters. The van der Waals surface area contributed by atoms with Crippen molar-refractivity contribution in [1.29, 1.82) is 0 Å². The van der Waals surface area contributed by atoms with Gasteiger partial charge in [0.05, 0.1) is 23.8 Å². The normalized spacial score (nSPS) is 22.0. The van der Waals surface area contributed by atoms with Gasteiger partial charge in [-0.05, 0) is 19.3 Å². The first kappa shape index (κ1) is 17.1. The van der Waals surface area contributed by atoms with E-state index in [-0.39, 0.29) is 11.7 Å². The van der Waals surface area contributed by atoms with Gasteiger partial charge in [-0.3, -0.25) is 19.6 Å². The highest BCUT2D eigenvalue weighted by Gasteiger charge is 2.30. The number of fused-ring (bicyclic) bond motifs is 3. The molecule has 5 rings (SSSR count). The number of halogens is 1. The summed E-state index contributed by atoms with van der Waals surface area (Å²) in [4.78, 5) is 27.0. The maximum Gasteiger partial charge on any atom is 0.236 e. The van der Waals surface area contributed by atoms with Crippen molar-refractivity contribution >= 4 is 16.9 Å².